The number of fused-ring (bicyclic) bond motifs is 1. The lowest BCUT2D eigenvalue weighted by atomic mass is 10.1. The maximum absolute atomic E-state index is 11.9. The number of Topliss-reactive ketones (excluding diaryl/α,β-unsaturated/α-hetero) is 1. The van der Waals surface area contributed by atoms with Gasteiger partial charge in [-0.25, -0.2) is 0 Å². The zero-order valence-corrected chi connectivity index (χ0v) is 12.7. The Kier molecular flexibility index (Phi) is 4.73. The lowest BCUT2D eigenvalue weighted by Crippen LogP contribution is -2.23. The average Bonchev–Trinajstić information content (AvgIpc) is 2.80. The molecule has 1 heterocycles. The van der Waals surface area contributed by atoms with Crippen LogP contribution < -0.4 is 9.46 Å². The van der Waals surface area contributed by atoms with E-state index in [0.717, 1.165) is 5.39 Å². The predicted molar refractivity (Wildman–Crippen MR) is 82.5 cm³/mol. The average molecular weight is 293 g/mol. The number of hydrogen-bond acceptors (Lipinski definition) is 5. The van der Waals surface area contributed by atoms with Crippen LogP contribution >= 0.6 is 12.8 Å². The van der Waals surface area contributed by atoms with Crippen molar-refractivity contribution in [1.29, 1.82) is 0 Å². The Hall–Kier alpha value is -1.46. The third-order valence-corrected chi connectivity index (χ3v) is 3.16. The fraction of sp³-hybridized carbons (Fsp3) is 0.400. The molecule has 0 fully saturated rings. The SMILES string of the molecule is CC(C)C(=O)c1cc2ccc(O[C@H](C)CNS)cc2o1. The molecule has 0 aliphatic rings. The Bertz CT molecular complexity index is 606. The number of carbonyl (C=O) groups excluding carboxylic acids is 1. The van der Waals surface area contributed by atoms with Crippen LogP contribution in [0.4, 0.5) is 0 Å². The molecule has 0 saturated heterocycles. The van der Waals surface area contributed by atoms with Gasteiger partial charge in [-0.15, -0.1) is 0 Å². The number of rotatable bonds is 6. The summed E-state index contributed by atoms with van der Waals surface area (Å²) in [5.41, 5.74) is 0.664. The Labute approximate surface area is 124 Å². The van der Waals surface area contributed by atoms with Crippen LogP contribution in [0.1, 0.15) is 31.3 Å². The van der Waals surface area contributed by atoms with E-state index in [0.29, 0.717) is 23.6 Å². The van der Waals surface area contributed by atoms with Crippen molar-refractivity contribution in [2.75, 3.05) is 6.54 Å². The molecular weight excluding hydrogens is 274 g/mol. The van der Waals surface area contributed by atoms with Crippen LogP contribution in [-0.2, 0) is 0 Å². The first kappa shape index (κ1) is 14.9. The van der Waals surface area contributed by atoms with Gasteiger partial charge < -0.3 is 9.15 Å². The minimum Gasteiger partial charge on any atom is -0.489 e. The molecule has 0 amide bonds. The number of furan rings is 1. The van der Waals surface area contributed by atoms with Gasteiger partial charge in [0, 0.05) is 23.9 Å². The summed E-state index contributed by atoms with van der Waals surface area (Å²) in [6, 6.07) is 7.35. The minimum absolute atomic E-state index is 0.00308. The lowest BCUT2D eigenvalue weighted by molar-refractivity contribution is 0.0913. The molecule has 2 aromatic rings. The van der Waals surface area contributed by atoms with Gasteiger partial charge in [-0.2, -0.15) is 0 Å². The van der Waals surface area contributed by atoms with E-state index < -0.39 is 0 Å². The van der Waals surface area contributed by atoms with Crippen molar-refractivity contribution in [2.24, 2.45) is 5.92 Å². The monoisotopic (exact) mass is 293 g/mol. The lowest BCUT2D eigenvalue weighted by Gasteiger charge is -2.13. The molecule has 1 atom stereocenters. The highest BCUT2D eigenvalue weighted by Crippen LogP contribution is 2.26. The maximum Gasteiger partial charge on any atom is 0.200 e. The van der Waals surface area contributed by atoms with Gasteiger partial charge in [-0.3, -0.25) is 9.52 Å². The van der Waals surface area contributed by atoms with E-state index in [1.165, 1.54) is 0 Å². The van der Waals surface area contributed by atoms with Crippen LogP contribution in [0.25, 0.3) is 11.0 Å². The van der Waals surface area contributed by atoms with Crippen molar-refractivity contribution in [2.45, 2.75) is 26.9 Å². The smallest absolute Gasteiger partial charge is 0.200 e. The van der Waals surface area contributed by atoms with E-state index in [4.69, 9.17) is 9.15 Å². The molecule has 4 nitrogen and oxygen atoms in total. The van der Waals surface area contributed by atoms with E-state index in [-0.39, 0.29) is 17.8 Å². The normalized spacial score (nSPS) is 12.8. The maximum atomic E-state index is 11.9. The standard InChI is InChI=1S/C15H19NO3S/c1-9(2)15(17)14-6-11-4-5-12(7-13(11)19-14)18-10(3)8-16-20/h4-7,9-10,16,20H,8H2,1-3H3/t10-/m1/s1. The second-order valence-electron chi connectivity index (χ2n) is 5.12. The van der Waals surface area contributed by atoms with Crippen molar-refractivity contribution in [3.05, 3.63) is 30.0 Å². The topological polar surface area (TPSA) is 51.5 Å². The van der Waals surface area contributed by atoms with Crippen LogP contribution in [0.3, 0.4) is 0 Å². The Morgan fingerprint density at radius 3 is 2.75 bits per heavy atom. The molecule has 0 aliphatic heterocycles. The van der Waals surface area contributed by atoms with Crippen molar-refractivity contribution >= 4 is 29.6 Å². The summed E-state index contributed by atoms with van der Waals surface area (Å²) in [7, 11) is 0. The number of nitrogens with one attached hydrogen (secondary N) is 1. The zero-order chi connectivity index (χ0) is 14.7. The van der Waals surface area contributed by atoms with Gasteiger partial charge in [0.25, 0.3) is 0 Å². The van der Waals surface area contributed by atoms with E-state index in [1.807, 2.05) is 39.0 Å². The Morgan fingerprint density at radius 2 is 2.10 bits per heavy atom. The summed E-state index contributed by atoms with van der Waals surface area (Å²) < 4.78 is 14.1. The van der Waals surface area contributed by atoms with Gasteiger partial charge >= 0.3 is 0 Å². The fourth-order valence-corrected chi connectivity index (χ4v) is 2.15. The van der Waals surface area contributed by atoms with Crippen LogP contribution in [0, 0.1) is 5.92 Å². The van der Waals surface area contributed by atoms with E-state index in [2.05, 4.69) is 17.5 Å². The third kappa shape index (κ3) is 3.35. The van der Waals surface area contributed by atoms with Crippen molar-refractivity contribution in [3.63, 3.8) is 0 Å². The summed E-state index contributed by atoms with van der Waals surface area (Å²) >= 11 is 3.94. The largest absolute Gasteiger partial charge is 0.489 e. The summed E-state index contributed by atoms with van der Waals surface area (Å²) in [6.45, 7) is 6.30. The molecule has 2 rings (SSSR count). The molecule has 0 aliphatic carbocycles. The molecular formula is C15H19NO3S. The summed E-state index contributed by atoms with van der Waals surface area (Å²) in [5.74, 6) is 1.05. The van der Waals surface area contributed by atoms with Gasteiger partial charge in [0.1, 0.15) is 17.4 Å². The molecule has 0 saturated carbocycles. The first-order valence-corrected chi connectivity index (χ1v) is 7.07. The molecule has 0 radical (unpaired) electrons. The van der Waals surface area contributed by atoms with E-state index in [1.54, 1.807) is 6.07 Å². The molecule has 0 spiro atoms. The second-order valence-corrected chi connectivity index (χ2v) is 5.44. The van der Waals surface area contributed by atoms with Crippen molar-refractivity contribution < 1.29 is 13.9 Å². The van der Waals surface area contributed by atoms with Gasteiger partial charge in [0.15, 0.2) is 5.76 Å². The van der Waals surface area contributed by atoms with Gasteiger partial charge in [-0.1, -0.05) is 26.7 Å². The molecule has 5 heteroatoms. The molecule has 20 heavy (non-hydrogen) atoms. The number of hydrogen-bond donors (Lipinski definition) is 2. The fourth-order valence-electron chi connectivity index (χ4n) is 1.89. The molecule has 1 N–H and O–H groups in total. The number of carbonyl (C=O) groups is 1. The highest BCUT2D eigenvalue weighted by Gasteiger charge is 2.16. The summed E-state index contributed by atoms with van der Waals surface area (Å²) in [4.78, 5) is 11.9. The first-order chi connectivity index (χ1) is 9.51. The highest BCUT2D eigenvalue weighted by atomic mass is 32.1. The minimum atomic E-state index is -0.0761. The first-order valence-electron chi connectivity index (χ1n) is 6.62. The predicted octanol–water partition coefficient (Wildman–Crippen LogP) is 3.47. The number of ether oxygens (including phenoxy) is 1. The molecule has 1 aromatic carbocycles. The van der Waals surface area contributed by atoms with Gasteiger partial charge in [-0.05, 0) is 25.1 Å². The van der Waals surface area contributed by atoms with Crippen LogP contribution in [0.5, 0.6) is 5.75 Å². The van der Waals surface area contributed by atoms with Crippen molar-refractivity contribution in [1.82, 2.24) is 4.72 Å². The zero-order valence-electron chi connectivity index (χ0n) is 11.8. The Balaban J connectivity index is 2.23. The van der Waals surface area contributed by atoms with Gasteiger partial charge in [0.2, 0.25) is 5.78 Å². The van der Waals surface area contributed by atoms with E-state index >= 15 is 0 Å². The molecule has 108 valence electrons. The quantitative estimate of drug-likeness (QED) is 0.632. The highest BCUT2D eigenvalue weighted by molar-refractivity contribution is 7.78. The number of thiol groups is 1. The Morgan fingerprint density at radius 1 is 1.35 bits per heavy atom. The second kappa shape index (κ2) is 6.33. The third-order valence-electron chi connectivity index (χ3n) is 2.97. The molecule has 0 unspecified atom stereocenters. The van der Waals surface area contributed by atoms with Crippen LogP contribution in [-0.4, -0.2) is 18.4 Å². The van der Waals surface area contributed by atoms with Crippen LogP contribution in [0.2, 0.25) is 0 Å². The van der Waals surface area contributed by atoms with E-state index in [9.17, 15) is 4.79 Å². The number of ketones is 1. The molecule has 0 bridgehead atoms. The number of benzene rings is 1. The molecule has 1 aromatic heterocycles. The van der Waals surface area contributed by atoms with Crippen molar-refractivity contribution in [3.8, 4) is 5.75 Å². The van der Waals surface area contributed by atoms with Crippen LogP contribution in [0.15, 0.2) is 28.7 Å². The van der Waals surface area contributed by atoms with Gasteiger partial charge in [0.05, 0.1) is 0 Å². The summed E-state index contributed by atoms with van der Waals surface area (Å²) in [5, 5.41) is 0.904. The summed E-state index contributed by atoms with van der Waals surface area (Å²) in [6.07, 6.45) is -0.00308.